The molecule has 0 radical (unpaired) electrons. The number of morpholine rings is 1. The Kier molecular flexibility index (Phi) is 6.92. The second-order valence-electron chi connectivity index (χ2n) is 7.60. The van der Waals surface area contributed by atoms with Crippen LogP contribution in [0.15, 0.2) is 35.7 Å². The first-order valence-corrected chi connectivity index (χ1v) is 11.8. The second-order valence-corrected chi connectivity index (χ2v) is 9.01. The highest BCUT2D eigenvalue weighted by Gasteiger charge is 2.24. The van der Waals surface area contributed by atoms with E-state index in [9.17, 15) is 4.79 Å². The zero-order valence-electron chi connectivity index (χ0n) is 18.2. The number of anilines is 2. The van der Waals surface area contributed by atoms with Gasteiger partial charge < -0.3 is 20.3 Å². The van der Waals surface area contributed by atoms with Crippen LogP contribution in [0.4, 0.5) is 16.3 Å². The maximum Gasteiger partial charge on any atom is 0.318 e. The Morgan fingerprint density at radius 3 is 2.72 bits per heavy atom. The van der Waals surface area contributed by atoms with Crippen LogP contribution in [0, 0.1) is 6.92 Å². The molecule has 0 saturated carbocycles. The molecule has 1 fully saturated rings. The van der Waals surface area contributed by atoms with Gasteiger partial charge in [0.25, 0.3) is 0 Å². The van der Waals surface area contributed by atoms with Crippen LogP contribution in [0.1, 0.15) is 28.6 Å². The van der Waals surface area contributed by atoms with E-state index in [1.165, 1.54) is 0 Å². The standard InChI is InChI=1S/C22H26N6O2S2/c1-13-12-32-21(24-13)19(31)17-10-18(28-8-9-30-11-14(28)2)27-20(26-17)15-4-6-16(7-5-15)25-22(29)23-3/h4-7,10,12,14,19,31H,8-9,11H2,1-3H3,(H2,23,25,29)/t14-,19?/m0/s1. The van der Waals surface area contributed by atoms with Gasteiger partial charge in [0.2, 0.25) is 0 Å². The number of rotatable bonds is 5. The molecule has 3 aromatic rings. The number of aryl methyl sites for hydroxylation is 1. The largest absolute Gasteiger partial charge is 0.377 e. The van der Waals surface area contributed by atoms with Gasteiger partial charge >= 0.3 is 6.03 Å². The Bertz CT molecular complexity index is 1090. The number of carbonyl (C=O) groups is 1. The van der Waals surface area contributed by atoms with Crippen LogP contribution in [0.25, 0.3) is 11.4 Å². The fourth-order valence-corrected chi connectivity index (χ4v) is 4.62. The highest BCUT2D eigenvalue weighted by molar-refractivity contribution is 7.80. The maximum absolute atomic E-state index is 11.6. The van der Waals surface area contributed by atoms with Gasteiger partial charge in [-0.25, -0.2) is 19.7 Å². The Balaban J connectivity index is 1.72. The summed E-state index contributed by atoms with van der Waals surface area (Å²) in [4.78, 5) is 28.1. The quantitative estimate of drug-likeness (QED) is 0.490. The molecule has 32 heavy (non-hydrogen) atoms. The summed E-state index contributed by atoms with van der Waals surface area (Å²) in [6, 6.07) is 9.41. The lowest BCUT2D eigenvalue weighted by molar-refractivity contribution is 0.0985. The molecule has 4 rings (SSSR count). The van der Waals surface area contributed by atoms with Crippen molar-refractivity contribution in [2.75, 3.05) is 37.0 Å². The summed E-state index contributed by atoms with van der Waals surface area (Å²) in [7, 11) is 1.58. The number of ether oxygens (including phenoxy) is 1. The molecule has 8 nitrogen and oxygen atoms in total. The Morgan fingerprint density at radius 1 is 1.28 bits per heavy atom. The first-order chi connectivity index (χ1) is 15.4. The number of aromatic nitrogens is 3. The predicted octanol–water partition coefficient (Wildman–Crippen LogP) is 3.90. The average molecular weight is 471 g/mol. The van der Waals surface area contributed by atoms with E-state index in [-0.39, 0.29) is 17.3 Å². The third kappa shape index (κ3) is 5.03. The number of nitrogens with one attached hydrogen (secondary N) is 2. The van der Waals surface area contributed by atoms with E-state index in [0.29, 0.717) is 24.7 Å². The van der Waals surface area contributed by atoms with E-state index in [4.69, 9.17) is 27.3 Å². The lowest BCUT2D eigenvalue weighted by Crippen LogP contribution is -2.44. The van der Waals surface area contributed by atoms with Crippen molar-refractivity contribution in [2.45, 2.75) is 25.1 Å². The fraction of sp³-hybridized carbons (Fsp3) is 0.364. The number of hydrogen-bond acceptors (Lipinski definition) is 8. The summed E-state index contributed by atoms with van der Waals surface area (Å²) < 4.78 is 5.60. The number of urea groups is 1. The van der Waals surface area contributed by atoms with Crippen LogP contribution in [0.5, 0.6) is 0 Å². The molecule has 1 aliphatic heterocycles. The molecule has 10 heteroatoms. The third-order valence-corrected chi connectivity index (χ3v) is 6.88. The molecule has 0 bridgehead atoms. The van der Waals surface area contributed by atoms with Crippen molar-refractivity contribution in [3.8, 4) is 11.4 Å². The monoisotopic (exact) mass is 470 g/mol. The number of benzene rings is 1. The number of thiazole rings is 1. The van der Waals surface area contributed by atoms with Crippen molar-refractivity contribution in [3.63, 3.8) is 0 Å². The second kappa shape index (κ2) is 9.85. The van der Waals surface area contributed by atoms with Crippen LogP contribution < -0.4 is 15.5 Å². The van der Waals surface area contributed by atoms with E-state index in [0.717, 1.165) is 34.3 Å². The number of carbonyl (C=O) groups excluding carboxylic acids is 1. The minimum Gasteiger partial charge on any atom is -0.377 e. The lowest BCUT2D eigenvalue weighted by atomic mass is 10.1. The van der Waals surface area contributed by atoms with Gasteiger partial charge in [0, 0.05) is 42.0 Å². The van der Waals surface area contributed by atoms with Crippen molar-refractivity contribution >= 4 is 41.5 Å². The molecule has 2 amide bonds. The molecule has 0 aliphatic carbocycles. The summed E-state index contributed by atoms with van der Waals surface area (Å²) in [6.45, 7) is 6.18. The van der Waals surface area contributed by atoms with Gasteiger partial charge in [-0.3, -0.25) is 0 Å². The van der Waals surface area contributed by atoms with Crippen LogP contribution in [0.2, 0.25) is 0 Å². The topological polar surface area (TPSA) is 92.3 Å². The summed E-state index contributed by atoms with van der Waals surface area (Å²) in [5.74, 6) is 1.45. The third-order valence-electron chi connectivity index (χ3n) is 5.17. The molecule has 1 aliphatic rings. The molecule has 168 valence electrons. The van der Waals surface area contributed by atoms with Crippen molar-refractivity contribution < 1.29 is 9.53 Å². The summed E-state index contributed by atoms with van der Waals surface area (Å²) in [5.41, 5.74) is 3.32. The molecule has 1 unspecified atom stereocenters. The zero-order chi connectivity index (χ0) is 22.7. The first-order valence-electron chi connectivity index (χ1n) is 10.4. The summed E-state index contributed by atoms with van der Waals surface area (Å²) in [5, 5.41) is 7.97. The first kappa shape index (κ1) is 22.5. The summed E-state index contributed by atoms with van der Waals surface area (Å²) >= 11 is 6.42. The maximum atomic E-state index is 11.6. The van der Waals surface area contributed by atoms with Crippen molar-refractivity contribution in [2.24, 2.45) is 0 Å². The minimum atomic E-state index is -0.267. The average Bonchev–Trinajstić information content (AvgIpc) is 3.25. The molecule has 2 aromatic heterocycles. The molecule has 1 saturated heterocycles. The van der Waals surface area contributed by atoms with Gasteiger partial charge in [-0.2, -0.15) is 12.6 Å². The predicted molar refractivity (Wildman–Crippen MR) is 131 cm³/mol. The highest BCUT2D eigenvalue weighted by atomic mass is 32.1. The molecular weight excluding hydrogens is 444 g/mol. The molecule has 2 N–H and O–H groups in total. The minimum absolute atomic E-state index is 0.207. The SMILES string of the molecule is CNC(=O)Nc1ccc(-c2nc(C(S)c3nc(C)cs3)cc(N3CCOC[C@@H]3C)n2)cc1. The van der Waals surface area contributed by atoms with Gasteiger partial charge in [0.15, 0.2) is 5.82 Å². The van der Waals surface area contributed by atoms with E-state index in [1.54, 1.807) is 18.4 Å². The molecular formula is C22H26N6O2S2. The Morgan fingerprint density at radius 2 is 2.06 bits per heavy atom. The lowest BCUT2D eigenvalue weighted by Gasteiger charge is -2.34. The Labute approximate surface area is 196 Å². The van der Waals surface area contributed by atoms with Crippen LogP contribution >= 0.6 is 24.0 Å². The van der Waals surface area contributed by atoms with Crippen molar-refractivity contribution in [1.29, 1.82) is 0 Å². The van der Waals surface area contributed by atoms with Gasteiger partial charge in [0.1, 0.15) is 10.8 Å². The number of nitrogens with zero attached hydrogens (tertiary/aromatic N) is 4. The van der Waals surface area contributed by atoms with E-state index >= 15 is 0 Å². The molecule has 0 spiro atoms. The van der Waals surface area contributed by atoms with Crippen LogP contribution in [-0.2, 0) is 4.74 Å². The Hall–Kier alpha value is -2.69. The number of thiol groups is 1. The number of hydrogen-bond donors (Lipinski definition) is 3. The van der Waals surface area contributed by atoms with Gasteiger partial charge in [-0.05, 0) is 38.1 Å². The molecule has 2 atom stereocenters. The van der Waals surface area contributed by atoms with Crippen molar-refractivity contribution in [1.82, 2.24) is 20.3 Å². The summed E-state index contributed by atoms with van der Waals surface area (Å²) in [6.07, 6.45) is 0. The van der Waals surface area contributed by atoms with Crippen LogP contribution in [0.3, 0.4) is 0 Å². The highest BCUT2D eigenvalue weighted by Crippen LogP contribution is 2.33. The van der Waals surface area contributed by atoms with Crippen molar-refractivity contribution in [3.05, 3.63) is 52.1 Å². The van der Waals surface area contributed by atoms with E-state index < -0.39 is 0 Å². The normalized spacial score (nSPS) is 17.1. The van der Waals surface area contributed by atoms with Crippen LogP contribution in [-0.4, -0.2) is 53.8 Å². The number of amides is 2. The van der Waals surface area contributed by atoms with Gasteiger partial charge in [-0.15, -0.1) is 11.3 Å². The molecule has 3 heterocycles. The fourth-order valence-electron chi connectivity index (χ4n) is 3.46. The molecule has 1 aromatic carbocycles. The van der Waals surface area contributed by atoms with Gasteiger partial charge in [0.05, 0.1) is 30.2 Å². The van der Waals surface area contributed by atoms with Gasteiger partial charge in [-0.1, -0.05) is 0 Å². The van der Waals surface area contributed by atoms with E-state index in [1.807, 2.05) is 42.6 Å². The smallest absolute Gasteiger partial charge is 0.318 e. The van der Waals surface area contributed by atoms with E-state index in [2.05, 4.69) is 27.4 Å². The zero-order valence-corrected chi connectivity index (χ0v) is 19.9.